The van der Waals surface area contributed by atoms with Crippen LogP contribution in [0.15, 0.2) is 97.2 Å². The van der Waals surface area contributed by atoms with Crippen LogP contribution in [0.4, 0.5) is 0 Å². The summed E-state index contributed by atoms with van der Waals surface area (Å²) >= 11 is 0. The maximum Gasteiger partial charge on any atom is 0.306 e. The largest absolute Gasteiger partial charge is 0.462 e. The smallest absolute Gasteiger partial charge is 0.306 e. The minimum atomic E-state index is -0.804. The van der Waals surface area contributed by atoms with E-state index in [0.717, 1.165) is 122 Å². The second-order valence-electron chi connectivity index (χ2n) is 22.3. The average Bonchev–Trinajstić information content (AvgIpc) is 3.45. The zero-order valence-electron chi connectivity index (χ0n) is 52.1. The van der Waals surface area contributed by atoms with Crippen LogP contribution in [0.5, 0.6) is 0 Å². The number of esters is 3. The van der Waals surface area contributed by atoms with Crippen LogP contribution in [0.25, 0.3) is 0 Å². The molecule has 0 N–H and O–H groups in total. The highest BCUT2D eigenvalue weighted by Gasteiger charge is 2.19. The van der Waals surface area contributed by atoms with Crippen molar-refractivity contribution in [2.45, 2.75) is 335 Å². The fraction of sp³-hybridized carbons (Fsp3) is 0.740. The molecular formula is C73H126O6. The van der Waals surface area contributed by atoms with Gasteiger partial charge in [0.1, 0.15) is 13.2 Å². The highest BCUT2D eigenvalue weighted by molar-refractivity contribution is 5.71. The first-order chi connectivity index (χ1) is 39.0. The molecule has 0 aliphatic carbocycles. The van der Waals surface area contributed by atoms with E-state index >= 15 is 0 Å². The first kappa shape index (κ1) is 75.3. The van der Waals surface area contributed by atoms with E-state index in [-0.39, 0.29) is 31.1 Å². The predicted octanol–water partition coefficient (Wildman–Crippen LogP) is 23.2. The second-order valence-corrected chi connectivity index (χ2v) is 22.3. The summed E-state index contributed by atoms with van der Waals surface area (Å²) in [7, 11) is 0. The highest BCUT2D eigenvalue weighted by atomic mass is 16.6. The van der Waals surface area contributed by atoms with Crippen molar-refractivity contribution in [3.05, 3.63) is 97.2 Å². The summed E-state index contributed by atoms with van der Waals surface area (Å²) in [6.07, 6.45) is 90.1. The van der Waals surface area contributed by atoms with Crippen molar-refractivity contribution in [1.82, 2.24) is 0 Å². The van der Waals surface area contributed by atoms with Crippen molar-refractivity contribution < 1.29 is 28.6 Å². The Bertz CT molecular complexity index is 1540. The van der Waals surface area contributed by atoms with Crippen LogP contribution in [0, 0.1) is 0 Å². The van der Waals surface area contributed by atoms with Crippen molar-refractivity contribution in [2.75, 3.05) is 13.2 Å². The van der Waals surface area contributed by atoms with Gasteiger partial charge in [-0.25, -0.2) is 0 Å². The lowest BCUT2D eigenvalue weighted by Crippen LogP contribution is -2.30. The highest BCUT2D eigenvalue weighted by Crippen LogP contribution is 2.18. The SMILES string of the molecule is CC/C=C\C/C=C\C/C=C\C/C=C\CCCCCCCCC(=O)OC(COC(=O)CCCC/C=C\C/C=C\C/C=C\C/C=C\CC)COC(=O)CCCCCCCCCCCCCCCCCCCCCCCCCCCCC. The van der Waals surface area contributed by atoms with Crippen LogP contribution in [0.2, 0.25) is 0 Å². The summed E-state index contributed by atoms with van der Waals surface area (Å²) in [5.74, 6) is -0.940. The van der Waals surface area contributed by atoms with Crippen molar-refractivity contribution in [2.24, 2.45) is 0 Å². The third-order valence-corrected chi connectivity index (χ3v) is 14.6. The Morgan fingerprint density at radius 2 is 0.494 bits per heavy atom. The molecule has 0 heterocycles. The molecule has 6 nitrogen and oxygen atoms in total. The first-order valence-electron chi connectivity index (χ1n) is 33.7. The van der Waals surface area contributed by atoms with E-state index in [1.807, 2.05) is 0 Å². The molecule has 0 aromatic carbocycles. The molecule has 0 spiro atoms. The van der Waals surface area contributed by atoms with Gasteiger partial charge in [0.2, 0.25) is 0 Å². The molecule has 1 atom stereocenters. The molecule has 79 heavy (non-hydrogen) atoms. The second kappa shape index (κ2) is 66.8. The molecule has 0 aromatic heterocycles. The molecule has 454 valence electrons. The van der Waals surface area contributed by atoms with Crippen LogP contribution in [0.3, 0.4) is 0 Å². The molecule has 6 heteroatoms. The summed E-state index contributed by atoms with van der Waals surface area (Å²) < 4.78 is 16.9. The Kier molecular flexibility index (Phi) is 63.7. The van der Waals surface area contributed by atoms with Gasteiger partial charge in [0, 0.05) is 19.3 Å². The number of carbonyl (C=O) groups excluding carboxylic acids is 3. The Hall–Kier alpha value is -3.67. The third kappa shape index (κ3) is 65.0. The maximum atomic E-state index is 12.9. The van der Waals surface area contributed by atoms with Gasteiger partial charge >= 0.3 is 17.9 Å². The third-order valence-electron chi connectivity index (χ3n) is 14.6. The number of hydrogen-bond donors (Lipinski definition) is 0. The van der Waals surface area contributed by atoms with Gasteiger partial charge in [-0.3, -0.25) is 14.4 Å². The van der Waals surface area contributed by atoms with E-state index < -0.39 is 6.10 Å². The van der Waals surface area contributed by atoms with E-state index in [1.165, 1.54) is 167 Å². The summed E-state index contributed by atoms with van der Waals surface area (Å²) in [6, 6.07) is 0. The van der Waals surface area contributed by atoms with Gasteiger partial charge in [-0.1, -0.05) is 311 Å². The molecular weight excluding hydrogens is 973 g/mol. The van der Waals surface area contributed by atoms with E-state index in [4.69, 9.17) is 14.2 Å². The average molecular weight is 1100 g/mol. The summed E-state index contributed by atoms with van der Waals surface area (Å²) in [5.41, 5.74) is 0. The van der Waals surface area contributed by atoms with Crippen molar-refractivity contribution in [3.63, 3.8) is 0 Å². The van der Waals surface area contributed by atoms with Crippen molar-refractivity contribution in [1.29, 1.82) is 0 Å². The molecule has 0 aliphatic rings. The topological polar surface area (TPSA) is 78.9 Å². The number of hydrogen-bond acceptors (Lipinski definition) is 6. The molecule has 0 rings (SSSR count). The van der Waals surface area contributed by atoms with Gasteiger partial charge in [0.25, 0.3) is 0 Å². The number of allylic oxidation sites excluding steroid dienone is 16. The maximum absolute atomic E-state index is 12.9. The van der Waals surface area contributed by atoms with Crippen LogP contribution in [0.1, 0.15) is 329 Å². The normalized spacial score (nSPS) is 12.7. The van der Waals surface area contributed by atoms with Crippen molar-refractivity contribution >= 4 is 17.9 Å². The summed E-state index contributed by atoms with van der Waals surface area (Å²) in [5, 5.41) is 0. The Balaban J connectivity index is 4.32. The zero-order valence-corrected chi connectivity index (χ0v) is 52.1. The van der Waals surface area contributed by atoms with Gasteiger partial charge in [0.05, 0.1) is 0 Å². The molecule has 0 radical (unpaired) electrons. The van der Waals surface area contributed by atoms with Gasteiger partial charge < -0.3 is 14.2 Å². The molecule has 0 amide bonds. The monoisotopic (exact) mass is 1100 g/mol. The van der Waals surface area contributed by atoms with E-state index in [0.29, 0.717) is 19.3 Å². The molecule has 0 saturated carbocycles. The lowest BCUT2D eigenvalue weighted by atomic mass is 10.0. The van der Waals surface area contributed by atoms with Crippen LogP contribution in [-0.4, -0.2) is 37.2 Å². The fourth-order valence-corrected chi connectivity index (χ4v) is 9.60. The van der Waals surface area contributed by atoms with E-state index in [1.54, 1.807) is 0 Å². The Morgan fingerprint density at radius 1 is 0.266 bits per heavy atom. The predicted molar refractivity (Wildman–Crippen MR) is 344 cm³/mol. The number of rotatable bonds is 61. The molecule has 0 bridgehead atoms. The van der Waals surface area contributed by atoms with Gasteiger partial charge in [-0.15, -0.1) is 0 Å². The lowest BCUT2D eigenvalue weighted by molar-refractivity contribution is -0.167. The van der Waals surface area contributed by atoms with E-state index in [9.17, 15) is 14.4 Å². The van der Waals surface area contributed by atoms with Crippen LogP contribution >= 0.6 is 0 Å². The zero-order chi connectivity index (χ0) is 57.1. The summed E-state index contributed by atoms with van der Waals surface area (Å²) in [4.78, 5) is 38.4. The minimum Gasteiger partial charge on any atom is -0.462 e. The standard InChI is InChI=1S/C73H126O6/c1-4-7-10-13-16-19-22-25-28-30-32-33-34-35-36-37-38-39-41-42-45-48-51-54-57-60-63-66-72(75)78-69-70(68-77-71(74)65-62-59-56-53-50-47-44-27-24-21-18-15-12-9-6-3)79-73(76)67-64-61-58-55-52-49-46-43-40-31-29-26-23-20-17-14-11-8-5-2/h8-9,11-12,17-18,20-21,26-27,29,40,43-44,50,53,70H,4-7,10,13-16,19,22-25,28,30-39,41-42,45-49,51-52,54-69H2,1-3H3/b11-8-,12-9-,20-17-,21-18-,29-26-,43-40-,44-27-,53-50-. The quantitative estimate of drug-likeness (QED) is 0.0261. The lowest BCUT2D eigenvalue weighted by Gasteiger charge is -2.18. The van der Waals surface area contributed by atoms with Gasteiger partial charge in [-0.05, 0) is 96.3 Å². The first-order valence-corrected chi connectivity index (χ1v) is 33.7. The molecule has 1 unspecified atom stereocenters. The molecule has 0 aromatic rings. The van der Waals surface area contributed by atoms with Gasteiger partial charge in [-0.2, -0.15) is 0 Å². The Labute approximate surface area is 489 Å². The minimum absolute atomic E-state index is 0.0948. The number of carbonyl (C=O) groups is 3. The Morgan fingerprint density at radius 3 is 0.797 bits per heavy atom. The number of unbranched alkanes of at least 4 members (excludes halogenated alkanes) is 34. The van der Waals surface area contributed by atoms with Gasteiger partial charge in [0.15, 0.2) is 6.10 Å². The van der Waals surface area contributed by atoms with Crippen molar-refractivity contribution in [3.8, 4) is 0 Å². The fourth-order valence-electron chi connectivity index (χ4n) is 9.60. The van der Waals surface area contributed by atoms with Crippen LogP contribution < -0.4 is 0 Å². The van der Waals surface area contributed by atoms with E-state index in [2.05, 4.69) is 118 Å². The summed E-state index contributed by atoms with van der Waals surface area (Å²) in [6.45, 7) is 6.41. The van der Waals surface area contributed by atoms with Crippen LogP contribution in [-0.2, 0) is 28.6 Å². The molecule has 0 saturated heterocycles. The number of ether oxygens (including phenoxy) is 3. The molecule has 0 fully saturated rings. The molecule has 0 aliphatic heterocycles.